The highest BCUT2D eigenvalue weighted by atomic mass is 32.2. The highest BCUT2D eigenvalue weighted by Gasteiger charge is 2.08. The number of nitriles is 1. The summed E-state index contributed by atoms with van der Waals surface area (Å²) in [5, 5.41) is 11.7. The van der Waals surface area contributed by atoms with E-state index in [0.717, 1.165) is 24.4 Å². The standard InChI is InChI=1S/C9H13N3S/c1-13-9(11-7-10)12-8-5-3-2-4-6-8/h2-3,8H,4-6H2,1H3,(H,11,12). The van der Waals surface area contributed by atoms with Crippen molar-refractivity contribution >= 4 is 16.9 Å². The number of hydrogen-bond acceptors (Lipinski definition) is 3. The lowest BCUT2D eigenvalue weighted by Crippen LogP contribution is -2.18. The number of allylic oxidation sites excluding steroid dienone is 1. The van der Waals surface area contributed by atoms with E-state index < -0.39 is 0 Å². The number of thioether (sulfide) groups is 1. The Morgan fingerprint density at radius 3 is 3.08 bits per heavy atom. The number of nitrogens with zero attached hydrogens (tertiary/aromatic N) is 2. The minimum atomic E-state index is 0.355. The Morgan fingerprint density at radius 1 is 1.69 bits per heavy atom. The van der Waals surface area contributed by atoms with Crippen LogP contribution in [0.1, 0.15) is 19.3 Å². The first-order valence-corrected chi connectivity index (χ1v) is 5.51. The zero-order chi connectivity index (χ0) is 9.52. The highest BCUT2D eigenvalue weighted by Crippen LogP contribution is 2.15. The molecule has 70 valence electrons. The van der Waals surface area contributed by atoms with Crippen LogP contribution in [-0.2, 0) is 0 Å². The van der Waals surface area contributed by atoms with Crippen molar-refractivity contribution in [2.45, 2.75) is 25.3 Å². The van der Waals surface area contributed by atoms with Crippen LogP contribution in [0.15, 0.2) is 17.1 Å². The molecule has 0 amide bonds. The van der Waals surface area contributed by atoms with Crippen molar-refractivity contribution in [1.29, 1.82) is 5.26 Å². The second kappa shape index (κ2) is 5.65. The summed E-state index contributed by atoms with van der Waals surface area (Å²) in [5.41, 5.74) is 0. The molecule has 1 atom stereocenters. The average Bonchev–Trinajstić information content (AvgIpc) is 2.19. The van der Waals surface area contributed by atoms with Crippen LogP contribution in [0.5, 0.6) is 0 Å². The Kier molecular flexibility index (Phi) is 4.41. The van der Waals surface area contributed by atoms with Crippen LogP contribution in [0.2, 0.25) is 0 Å². The van der Waals surface area contributed by atoms with E-state index in [-0.39, 0.29) is 0 Å². The summed E-state index contributed by atoms with van der Waals surface area (Å²) in [4.78, 5) is 4.44. The monoisotopic (exact) mass is 195 g/mol. The van der Waals surface area contributed by atoms with Gasteiger partial charge >= 0.3 is 0 Å². The molecule has 0 aromatic heterocycles. The van der Waals surface area contributed by atoms with E-state index in [1.54, 1.807) is 0 Å². The molecule has 1 aliphatic rings. The maximum absolute atomic E-state index is 8.43. The minimum Gasteiger partial charge on any atom is -0.272 e. The summed E-state index contributed by atoms with van der Waals surface area (Å²) >= 11 is 1.48. The summed E-state index contributed by atoms with van der Waals surface area (Å²) in [5.74, 6) is 0. The predicted molar refractivity (Wildman–Crippen MR) is 56.5 cm³/mol. The van der Waals surface area contributed by atoms with Crippen LogP contribution in [-0.4, -0.2) is 17.5 Å². The molecule has 1 rings (SSSR count). The molecule has 1 aliphatic carbocycles. The number of aliphatic imine (C=N–C) groups is 1. The van der Waals surface area contributed by atoms with E-state index >= 15 is 0 Å². The third-order valence-electron chi connectivity index (χ3n) is 1.90. The largest absolute Gasteiger partial charge is 0.272 e. The molecule has 0 radical (unpaired) electrons. The third-order valence-corrected chi connectivity index (χ3v) is 2.49. The topological polar surface area (TPSA) is 48.2 Å². The van der Waals surface area contributed by atoms with E-state index in [0.29, 0.717) is 6.04 Å². The van der Waals surface area contributed by atoms with Gasteiger partial charge in [0.2, 0.25) is 0 Å². The van der Waals surface area contributed by atoms with Gasteiger partial charge in [0.05, 0.1) is 6.04 Å². The van der Waals surface area contributed by atoms with Gasteiger partial charge in [-0.1, -0.05) is 23.9 Å². The Morgan fingerprint density at radius 2 is 2.54 bits per heavy atom. The molecule has 1 unspecified atom stereocenters. The fourth-order valence-electron chi connectivity index (χ4n) is 1.24. The van der Waals surface area contributed by atoms with Crippen LogP contribution >= 0.6 is 11.8 Å². The van der Waals surface area contributed by atoms with Gasteiger partial charge in [-0.15, -0.1) is 0 Å². The summed E-state index contributed by atoms with van der Waals surface area (Å²) in [6, 6.07) is 0.355. The normalized spacial score (nSPS) is 22.5. The Labute approximate surface area is 82.9 Å². The van der Waals surface area contributed by atoms with Crippen LogP contribution < -0.4 is 5.32 Å². The molecular weight excluding hydrogens is 182 g/mol. The average molecular weight is 195 g/mol. The molecular formula is C9H13N3S. The molecule has 1 N–H and O–H groups in total. The summed E-state index contributed by atoms with van der Waals surface area (Å²) in [7, 11) is 0. The number of rotatable bonds is 1. The van der Waals surface area contributed by atoms with Crippen LogP contribution in [0.3, 0.4) is 0 Å². The lowest BCUT2D eigenvalue weighted by molar-refractivity contribution is 0.609. The van der Waals surface area contributed by atoms with Gasteiger partial charge in [0.1, 0.15) is 0 Å². The van der Waals surface area contributed by atoms with Gasteiger partial charge < -0.3 is 0 Å². The SMILES string of the molecule is CSC(=NC1CC=CCC1)NC#N. The first kappa shape index (κ1) is 10.1. The van der Waals surface area contributed by atoms with E-state index in [4.69, 9.17) is 5.26 Å². The van der Waals surface area contributed by atoms with Gasteiger partial charge in [-0.25, -0.2) is 0 Å². The molecule has 4 heteroatoms. The first-order valence-electron chi connectivity index (χ1n) is 4.28. The molecule has 0 heterocycles. The van der Waals surface area contributed by atoms with E-state index in [1.807, 2.05) is 12.4 Å². The van der Waals surface area contributed by atoms with Gasteiger partial charge in [0.15, 0.2) is 11.4 Å². The van der Waals surface area contributed by atoms with Gasteiger partial charge in [-0.2, -0.15) is 5.26 Å². The lowest BCUT2D eigenvalue weighted by Gasteiger charge is -2.13. The predicted octanol–water partition coefficient (Wildman–Crippen LogP) is 1.88. The molecule has 0 aromatic rings. The van der Waals surface area contributed by atoms with Gasteiger partial charge in [-0.3, -0.25) is 10.3 Å². The van der Waals surface area contributed by atoms with E-state index in [9.17, 15) is 0 Å². The fraction of sp³-hybridized carbons (Fsp3) is 0.556. The van der Waals surface area contributed by atoms with Gasteiger partial charge in [0, 0.05) is 0 Å². The third kappa shape index (κ3) is 3.51. The van der Waals surface area contributed by atoms with Crippen molar-refractivity contribution in [3.63, 3.8) is 0 Å². The summed E-state index contributed by atoms with van der Waals surface area (Å²) in [6.45, 7) is 0. The quantitative estimate of drug-likeness (QED) is 0.228. The van der Waals surface area contributed by atoms with E-state index in [2.05, 4.69) is 22.5 Å². The Balaban J connectivity index is 2.51. The summed E-state index contributed by atoms with van der Waals surface area (Å²) < 4.78 is 0. The maximum atomic E-state index is 8.43. The fourth-order valence-corrected chi connectivity index (χ4v) is 1.65. The summed E-state index contributed by atoms with van der Waals surface area (Å²) in [6.07, 6.45) is 11.3. The van der Waals surface area contributed by atoms with Crippen LogP contribution in [0.25, 0.3) is 0 Å². The van der Waals surface area contributed by atoms with Crippen molar-refractivity contribution in [2.24, 2.45) is 4.99 Å². The molecule has 0 saturated carbocycles. The maximum Gasteiger partial charge on any atom is 0.183 e. The van der Waals surface area contributed by atoms with Crippen molar-refractivity contribution in [1.82, 2.24) is 5.32 Å². The smallest absolute Gasteiger partial charge is 0.183 e. The highest BCUT2D eigenvalue weighted by molar-refractivity contribution is 8.13. The Hall–Kier alpha value is -0.950. The Bertz CT molecular complexity index is 252. The minimum absolute atomic E-state index is 0.355. The van der Waals surface area contributed by atoms with Crippen molar-refractivity contribution in [2.75, 3.05) is 6.26 Å². The van der Waals surface area contributed by atoms with E-state index in [1.165, 1.54) is 11.8 Å². The van der Waals surface area contributed by atoms with Gasteiger partial charge in [-0.05, 0) is 25.5 Å². The van der Waals surface area contributed by atoms with Crippen molar-refractivity contribution in [3.8, 4) is 6.19 Å². The molecule has 0 spiro atoms. The second-order valence-electron chi connectivity index (χ2n) is 2.81. The van der Waals surface area contributed by atoms with Crippen LogP contribution in [0.4, 0.5) is 0 Å². The lowest BCUT2D eigenvalue weighted by atomic mass is 10.0. The van der Waals surface area contributed by atoms with Gasteiger partial charge in [0.25, 0.3) is 0 Å². The van der Waals surface area contributed by atoms with Crippen molar-refractivity contribution < 1.29 is 0 Å². The molecule has 0 saturated heterocycles. The number of hydrogen-bond donors (Lipinski definition) is 1. The molecule has 13 heavy (non-hydrogen) atoms. The molecule has 0 aliphatic heterocycles. The molecule has 0 fully saturated rings. The number of nitrogens with one attached hydrogen (secondary N) is 1. The van der Waals surface area contributed by atoms with Crippen molar-refractivity contribution in [3.05, 3.63) is 12.2 Å². The zero-order valence-electron chi connectivity index (χ0n) is 7.66. The molecule has 0 aromatic carbocycles. The second-order valence-corrected chi connectivity index (χ2v) is 3.61. The molecule has 3 nitrogen and oxygen atoms in total. The number of amidine groups is 1. The zero-order valence-corrected chi connectivity index (χ0v) is 8.47. The first-order chi connectivity index (χ1) is 6.36. The molecule has 0 bridgehead atoms. The van der Waals surface area contributed by atoms with Crippen LogP contribution in [0, 0.1) is 11.5 Å².